The average Bonchev–Trinajstić information content (AvgIpc) is 2.71. The summed E-state index contributed by atoms with van der Waals surface area (Å²) in [6.07, 6.45) is 0. The minimum absolute atomic E-state index is 0.113. The highest BCUT2D eigenvalue weighted by Gasteiger charge is 2.23. The van der Waals surface area contributed by atoms with Gasteiger partial charge in [0.15, 0.2) is 0 Å². The number of hydrogen-bond donors (Lipinski definition) is 2. The number of hydrogen-bond acceptors (Lipinski definition) is 5. The Balaban J connectivity index is 2.31. The van der Waals surface area contributed by atoms with Crippen molar-refractivity contribution in [2.75, 3.05) is 5.73 Å². The molecule has 1 aromatic heterocycles. The third-order valence-electron chi connectivity index (χ3n) is 3.13. The monoisotopic (exact) mass is 373 g/mol. The van der Waals surface area contributed by atoms with Gasteiger partial charge in [-0.25, -0.2) is 13.1 Å². The number of nitrogens with zero attached hydrogens (tertiary/aromatic N) is 1. The first-order valence-electron chi connectivity index (χ1n) is 6.22. The highest BCUT2D eigenvalue weighted by molar-refractivity contribution is 9.10. The van der Waals surface area contributed by atoms with Gasteiger partial charge in [-0.05, 0) is 54.9 Å². The third kappa shape index (κ3) is 3.28. The van der Waals surface area contributed by atoms with Crippen molar-refractivity contribution >= 4 is 31.6 Å². The molecule has 0 bridgehead atoms. The number of halogens is 1. The minimum Gasteiger partial charge on any atom is -0.398 e. The number of nitrogen functional groups attached to an aromatic ring is 1. The molecule has 0 aliphatic rings. The first kappa shape index (κ1) is 16.0. The van der Waals surface area contributed by atoms with Crippen molar-refractivity contribution in [3.63, 3.8) is 0 Å². The molecule has 21 heavy (non-hydrogen) atoms. The fourth-order valence-electron chi connectivity index (χ4n) is 2.16. The van der Waals surface area contributed by atoms with Gasteiger partial charge in [-0.2, -0.15) is 0 Å². The van der Waals surface area contributed by atoms with Crippen LogP contribution in [0.5, 0.6) is 0 Å². The smallest absolute Gasteiger partial charge is 0.241 e. The zero-order valence-electron chi connectivity index (χ0n) is 11.8. The van der Waals surface area contributed by atoms with Crippen LogP contribution in [0.15, 0.2) is 32.1 Å². The summed E-state index contributed by atoms with van der Waals surface area (Å²) in [5, 5.41) is 3.83. The van der Waals surface area contributed by atoms with Crippen LogP contribution in [0.2, 0.25) is 0 Å². The average molecular weight is 374 g/mol. The second-order valence-corrected chi connectivity index (χ2v) is 7.33. The van der Waals surface area contributed by atoms with E-state index in [0.717, 1.165) is 5.56 Å². The second-order valence-electron chi connectivity index (χ2n) is 4.76. The lowest BCUT2D eigenvalue weighted by Gasteiger charge is -2.14. The highest BCUT2D eigenvalue weighted by atomic mass is 79.9. The van der Waals surface area contributed by atoms with Crippen LogP contribution in [-0.2, 0) is 10.0 Å². The molecule has 3 N–H and O–H groups in total. The molecule has 2 aromatic rings. The molecule has 1 heterocycles. The van der Waals surface area contributed by atoms with Gasteiger partial charge >= 0.3 is 0 Å². The van der Waals surface area contributed by atoms with Crippen LogP contribution in [0.25, 0.3) is 0 Å². The van der Waals surface area contributed by atoms with E-state index in [4.69, 9.17) is 10.3 Å². The van der Waals surface area contributed by atoms with Crippen molar-refractivity contribution in [2.24, 2.45) is 0 Å². The summed E-state index contributed by atoms with van der Waals surface area (Å²) in [5.74, 6) is 0.595. The van der Waals surface area contributed by atoms with Crippen molar-refractivity contribution in [1.29, 1.82) is 0 Å². The van der Waals surface area contributed by atoms with E-state index in [1.54, 1.807) is 26.8 Å². The van der Waals surface area contributed by atoms with Crippen molar-refractivity contribution in [2.45, 2.75) is 31.7 Å². The molecule has 1 atom stereocenters. The summed E-state index contributed by atoms with van der Waals surface area (Å²) in [5.41, 5.74) is 7.49. The van der Waals surface area contributed by atoms with E-state index >= 15 is 0 Å². The molecule has 0 amide bonds. The standard InChI is InChI=1S/C13H16BrN3O3S/c1-7-13(9(3)20-16-7)8(2)17-21(18,19)10-4-5-11(14)12(15)6-10/h4-6,8,17H,15H2,1-3H3. The summed E-state index contributed by atoms with van der Waals surface area (Å²) in [4.78, 5) is 0.113. The molecule has 0 aliphatic carbocycles. The van der Waals surface area contributed by atoms with Crippen LogP contribution < -0.4 is 10.5 Å². The van der Waals surface area contributed by atoms with Crippen molar-refractivity contribution < 1.29 is 12.9 Å². The van der Waals surface area contributed by atoms with Gasteiger partial charge in [0.25, 0.3) is 0 Å². The number of aryl methyl sites for hydroxylation is 2. The molecule has 0 saturated heterocycles. The van der Waals surface area contributed by atoms with Gasteiger partial charge in [0, 0.05) is 21.8 Å². The Morgan fingerprint density at radius 1 is 1.38 bits per heavy atom. The predicted octanol–water partition coefficient (Wildman–Crippen LogP) is 2.68. The molecule has 6 nitrogen and oxygen atoms in total. The van der Waals surface area contributed by atoms with Crippen molar-refractivity contribution in [1.82, 2.24) is 9.88 Å². The Hall–Kier alpha value is -1.38. The largest absolute Gasteiger partial charge is 0.398 e. The summed E-state index contributed by atoms with van der Waals surface area (Å²) >= 11 is 3.24. The maximum Gasteiger partial charge on any atom is 0.241 e. The van der Waals surface area contributed by atoms with Crippen LogP contribution in [0.1, 0.15) is 30.0 Å². The van der Waals surface area contributed by atoms with E-state index in [2.05, 4.69) is 25.8 Å². The van der Waals surface area contributed by atoms with E-state index < -0.39 is 16.1 Å². The number of nitrogens with two attached hydrogens (primary N) is 1. The fraction of sp³-hybridized carbons (Fsp3) is 0.308. The van der Waals surface area contributed by atoms with E-state index in [9.17, 15) is 8.42 Å². The molecule has 114 valence electrons. The first-order chi connectivity index (χ1) is 9.72. The van der Waals surface area contributed by atoms with Crippen LogP contribution >= 0.6 is 15.9 Å². The van der Waals surface area contributed by atoms with Crippen molar-refractivity contribution in [3.8, 4) is 0 Å². The number of nitrogens with one attached hydrogen (secondary N) is 1. The molecule has 1 aromatic carbocycles. The lowest BCUT2D eigenvalue weighted by Crippen LogP contribution is -2.27. The van der Waals surface area contributed by atoms with Gasteiger partial charge in [-0.15, -0.1) is 0 Å². The third-order valence-corrected chi connectivity index (χ3v) is 5.39. The quantitative estimate of drug-likeness (QED) is 0.802. The van der Waals surface area contributed by atoms with Crippen LogP contribution in [-0.4, -0.2) is 13.6 Å². The van der Waals surface area contributed by atoms with Gasteiger partial charge < -0.3 is 10.3 Å². The Labute approximate surface area is 131 Å². The molecule has 0 saturated carbocycles. The maximum absolute atomic E-state index is 12.4. The Bertz CT molecular complexity index is 751. The van der Waals surface area contributed by atoms with E-state index in [1.165, 1.54) is 12.1 Å². The van der Waals surface area contributed by atoms with Crippen LogP contribution in [0.4, 0.5) is 5.69 Å². The molecular formula is C13H16BrN3O3S. The van der Waals surface area contributed by atoms with Gasteiger partial charge in [0.2, 0.25) is 10.0 Å². The van der Waals surface area contributed by atoms with E-state index in [0.29, 0.717) is 21.6 Å². The first-order valence-corrected chi connectivity index (χ1v) is 8.50. The second kappa shape index (κ2) is 5.78. The lowest BCUT2D eigenvalue weighted by molar-refractivity contribution is 0.391. The maximum atomic E-state index is 12.4. The summed E-state index contributed by atoms with van der Waals surface area (Å²) in [7, 11) is -3.68. The molecule has 2 rings (SSSR count). The normalized spacial score (nSPS) is 13.3. The Kier molecular flexibility index (Phi) is 4.40. The predicted molar refractivity (Wildman–Crippen MR) is 83.3 cm³/mol. The molecule has 0 spiro atoms. The molecule has 0 aliphatic heterocycles. The zero-order chi connectivity index (χ0) is 15.8. The van der Waals surface area contributed by atoms with Gasteiger partial charge in [-0.1, -0.05) is 5.16 Å². The molecule has 8 heteroatoms. The SMILES string of the molecule is Cc1noc(C)c1C(C)NS(=O)(=O)c1ccc(Br)c(N)c1. The Morgan fingerprint density at radius 3 is 2.57 bits per heavy atom. The molecule has 1 unspecified atom stereocenters. The van der Waals surface area contributed by atoms with Crippen molar-refractivity contribution in [3.05, 3.63) is 39.7 Å². The molecule has 0 fully saturated rings. The number of aromatic nitrogens is 1. The summed E-state index contributed by atoms with van der Waals surface area (Å²) in [6, 6.07) is 4.05. The van der Waals surface area contributed by atoms with Crippen LogP contribution in [0.3, 0.4) is 0 Å². The van der Waals surface area contributed by atoms with Crippen LogP contribution in [0, 0.1) is 13.8 Å². The zero-order valence-corrected chi connectivity index (χ0v) is 14.2. The van der Waals surface area contributed by atoms with E-state index in [1.807, 2.05) is 0 Å². The topological polar surface area (TPSA) is 98.2 Å². The number of rotatable bonds is 4. The molecular weight excluding hydrogens is 358 g/mol. The number of anilines is 1. The van der Waals surface area contributed by atoms with Gasteiger partial charge in [0.05, 0.1) is 10.6 Å². The number of sulfonamides is 1. The highest BCUT2D eigenvalue weighted by Crippen LogP contribution is 2.26. The number of benzene rings is 1. The van der Waals surface area contributed by atoms with E-state index in [-0.39, 0.29) is 4.90 Å². The summed E-state index contributed by atoms with van der Waals surface area (Å²) < 4.78 is 33.1. The van der Waals surface area contributed by atoms with Gasteiger partial charge in [0.1, 0.15) is 5.76 Å². The fourth-order valence-corrected chi connectivity index (χ4v) is 3.65. The molecule has 0 radical (unpaired) electrons. The minimum atomic E-state index is -3.68. The summed E-state index contributed by atoms with van der Waals surface area (Å²) in [6.45, 7) is 5.26. The van der Waals surface area contributed by atoms with Gasteiger partial charge in [-0.3, -0.25) is 0 Å². The Morgan fingerprint density at radius 2 is 2.05 bits per heavy atom. The lowest BCUT2D eigenvalue weighted by atomic mass is 10.1.